The van der Waals surface area contributed by atoms with Crippen molar-refractivity contribution in [2.45, 2.75) is 57.7 Å². The van der Waals surface area contributed by atoms with Gasteiger partial charge in [0.2, 0.25) is 0 Å². The first-order chi connectivity index (χ1) is 18.4. The van der Waals surface area contributed by atoms with Gasteiger partial charge < -0.3 is 4.57 Å². The highest BCUT2D eigenvalue weighted by molar-refractivity contribution is 7.91. The van der Waals surface area contributed by atoms with Crippen molar-refractivity contribution < 1.29 is 26.4 Å². The number of imidazole rings is 1. The number of sulfone groups is 1. The van der Waals surface area contributed by atoms with Crippen molar-refractivity contribution in [3.05, 3.63) is 94.8 Å². The molecule has 0 bridgehead atoms. The third-order valence-corrected chi connectivity index (χ3v) is 8.30. The fourth-order valence-corrected chi connectivity index (χ4v) is 5.42. The zero-order valence-electron chi connectivity index (χ0n) is 22.1. The molecule has 0 fully saturated rings. The van der Waals surface area contributed by atoms with Gasteiger partial charge in [0.05, 0.1) is 27.2 Å². The number of halogens is 3. The van der Waals surface area contributed by atoms with E-state index in [2.05, 4.69) is 18.4 Å². The molecule has 1 aromatic heterocycles. The molecule has 0 aliphatic carbocycles. The van der Waals surface area contributed by atoms with Crippen molar-refractivity contribution in [3.8, 4) is 0 Å². The number of hydrogen-bond donors (Lipinski definition) is 0. The van der Waals surface area contributed by atoms with Gasteiger partial charge in [0.1, 0.15) is 11.6 Å². The molecule has 206 valence electrons. The first-order valence-corrected chi connectivity index (χ1v) is 14.5. The molecule has 0 unspecified atom stereocenters. The zero-order chi connectivity index (χ0) is 28.4. The van der Waals surface area contributed by atoms with Crippen LogP contribution in [0.2, 0.25) is 0 Å². The summed E-state index contributed by atoms with van der Waals surface area (Å²) in [5, 5.41) is 0. The fraction of sp³-hybridized carbons (Fsp3) is 0.333. The Morgan fingerprint density at radius 3 is 2.08 bits per heavy atom. The van der Waals surface area contributed by atoms with E-state index in [1.807, 2.05) is 18.2 Å². The molecule has 0 saturated heterocycles. The number of Topliss-reactive ketones (excluding diaryl/α,β-unsaturated/α-hetero) is 1. The summed E-state index contributed by atoms with van der Waals surface area (Å²) in [6, 6.07) is 17.3. The molecule has 9 heteroatoms. The Morgan fingerprint density at radius 2 is 1.49 bits per heavy atom. The molecule has 0 atom stereocenters. The van der Waals surface area contributed by atoms with E-state index in [9.17, 15) is 26.4 Å². The number of hydrogen-bond acceptors (Lipinski definition) is 4. The maximum absolute atomic E-state index is 13.0. The number of ketones is 1. The van der Waals surface area contributed by atoms with Gasteiger partial charge in [-0.3, -0.25) is 4.79 Å². The molecule has 0 radical (unpaired) electrons. The van der Waals surface area contributed by atoms with Crippen LogP contribution in [0.3, 0.4) is 0 Å². The van der Waals surface area contributed by atoms with Gasteiger partial charge in [-0.05, 0) is 59.0 Å². The largest absolute Gasteiger partial charge is 0.416 e. The standard InChI is InChI=1S/C30H31F3N2O3S/c1-4-39(37,38)26-12-7-21(8-13-26)15-25(36)16-23-9-14-28-27(17-23)34-29(35(28)19-20(2)3)18-22-5-10-24(11-6-22)30(31,32)33/h5-14,17,20H,4,15-16,18-19H2,1-3H3. The minimum absolute atomic E-state index is 0.00737. The molecule has 0 aliphatic rings. The molecule has 0 saturated carbocycles. The minimum atomic E-state index is -4.38. The average molecular weight is 557 g/mol. The van der Waals surface area contributed by atoms with Crippen LogP contribution in [0.5, 0.6) is 0 Å². The topological polar surface area (TPSA) is 69.0 Å². The van der Waals surface area contributed by atoms with Gasteiger partial charge >= 0.3 is 6.18 Å². The number of alkyl halides is 3. The van der Waals surface area contributed by atoms with Crippen molar-refractivity contribution in [1.29, 1.82) is 0 Å². The van der Waals surface area contributed by atoms with Crippen LogP contribution in [0.4, 0.5) is 13.2 Å². The van der Waals surface area contributed by atoms with Crippen molar-refractivity contribution in [3.63, 3.8) is 0 Å². The predicted octanol–water partition coefficient (Wildman–Crippen LogP) is 6.45. The maximum Gasteiger partial charge on any atom is 0.416 e. The lowest BCUT2D eigenvalue weighted by molar-refractivity contribution is -0.137. The summed E-state index contributed by atoms with van der Waals surface area (Å²) >= 11 is 0. The normalized spacial score (nSPS) is 12.4. The van der Waals surface area contributed by atoms with Crippen LogP contribution >= 0.6 is 0 Å². The van der Waals surface area contributed by atoms with Gasteiger partial charge in [0.15, 0.2) is 9.84 Å². The number of carbonyl (C=O) groups excluding carboxylic acids is 1. The van der Waals surface area contributed by atoms with Crippen LogP contribution in [0.15, 0.2) is 71.6 Å². The molecule has 0 aliphatic heterocycles. The highest BCUT2D eigenvalue weighted by Gasteiger charge is 2.30. The molecule has 4 rings (SSSR count). The Morgan fingerprint density at radius 1 is 0.897 bits per heavy atom. The summed E-state index contributed by atoms with van der Waals surface area (Å²) < 4.78 is 65.0. The molecule has 0 spiro atoms. The van der Waals surface area contributed by atoms with E-state index in [0.29, 0.717) is 18.9 Å². The fourth-order valence-electron chi connectivity index (χ4n) is 4.53. The molecule has 0 amide bonds. The lowest BCUT2D eigenvalue weighted by atomic mass is 10.0. The van der Waals surface area contributed by atoms with Crippen molar-refractivity contribution in [2.75, 3.05) is 5.75 Å². The number of aromatic nitrogens is 2. The van der Waals surface area contributed by atoms with Crippen molar-refractivity contribution >= 4 is 26.7 Å². The van der Waals surface area contributed by atoms with E-state index in [1.54, 1.807) is 19.1 Å². The second kappa shape index (κ2) is 11.3. The van der Waals surface area contributed by atoms with E-state index in [-0.39, 0.29) is 29.3 Å². The first-order valence-electron chi connectivity index (χ1n) is 12.8. The van der Waals surface area contributed by atoms with Gasteiger partial charge in [-0.15, -0.1) is 0 Å². The summed E-state index contributed by atoms with van der Waals surface area (Å²) in [5.74, 6) is 1.09. The lowest BCUT2D eigenvalue weighted by Gasteiger charge is -2.12. The predicted molar refractivity (Wildman–Crippen MR) is 145 cm³/mol. The molecule has 5 nitrogen and oxygen atoms in total. The Labute approximate surface area is 226 Å². The number of benzene rings is 3. The number of nitrogens with zero attached hydrogens (tertiary/aromatic N) is 2. The minimum Gasteiger partial charge on any atom is -0.327 e. The zero-order valence-corrected chi connectivity index (χ0v) is 22.9. The molecule has 0 N–H and O–H groups in total. The summed E-state index contributed by atoms with van der Waals surface area (Å²) in [5.41, 5.74) is 3.25. The van der Waals surface area contributed by atoms with E-state index in [0.717, 1.165) is 45.7 Å². The number of carbonyl (C=O) groups is 1. The van der Waals surface area contributed by atoms with Gasteiger partial charge in [0.25, 0.3) is 0 Å². The molecular formula is C30H31F3N2O3S. The Hall–Kier alpha value is -3.46. The maximum atomic E-state index is 13.0. The summed E-state index contributed by atoms with van der Waals surface area (Å²) in [6.07, 6.45) is -3.60. The molecule has 4 aromatic rings. The van der Waals surface area contributed by atoms with Gasteiger partial charge in [-0.1, -0.05) is 51.1 Å². The highest BCUT2D eigenvalue weighted by Crippen LogP contribution is 2.30. The second-order valence-electron chi connectivity index (χ2n) is 10.2. The van der Waals surface area contributed by atoms with Crippen molar-refractivity contribution in [1.82, 2.24) is 9.55 Å². The van der Waals surface area contributed by atoms with Crippen LogP contribution in [0.25, 0.3) is 11.0 Å². The Bertz CT molecular complexity index is 1570. The number of rotatable bonds is 10. The summed E-state index contributed by atoms with van der Waals surface area (Å²) in [7, 11) is -3.29. The van der Waals surface area contributed by atoms with Gasteiger partial charge in [0, 0.05) is 25.8 Å². The molecule has 3 aromatic carbocycles. The van der Waals surface area contributed by atoms with Crippen molar-refractivity contribution in [2.24, 2.45) is 5.92 Å². The van der Waals surface area contributed by atoms with Crippen LogP contribution < -0.4 is 0 Å². The Kier molecular flexibility index (Phi) is 8.30. The highest BCUT2D eigenvalue weighted by atomic mass is 32.2. The van der Waals surface area contributed by atoms with E-state index in [1.165, 1.54) is 24.3 Å². The van der Waals surface area contributed by atoms with Crippen LogP contribution in [-0.4, -0.2) is 29.5 Å². The SMILES string of the molecule is CCS(=O)(=O)c1ccc(CC(=O)Cc2ccc3c(c2)nc(Cc2ccc(C(F)(F)F)cc2)n3CC(C)C)cc1. The van der Waals surface area contributed by atoms with Crippen LogP contribution in [-0.2, 0) is 46.6 Å². The van der Waals surface area contributed by atoms with Gasteiger partial charge in [-0.25, -0.2) is 13.4 Å². The Balaban J connectivity index is 1.53. The molecular weight excluding hydrogens is 525 g/mol. The quantitative estimate of drug-likeness (QED) is 0.225. The van der Waals surface area contributed by atoms with E-state index >= 15 is 0 Å². The van der Waals surface area contributed by atoms with Crippen LogP contribution in [0.1, 0.15) is 48.8 Å². The summed E-state index contributed by atoms with van der Waals surface area (Å²) in [4.78, 5) is 17.8. The van der Waals surface area contributed by atoms with Crippen LogP contribution in [0, 0.1) is 5.92 Å². The molecule has 1 heterocycles. The first kappa shape index (κ1) is 28.5. The number of fused-ring (bicyclic) bond motifs is 1. The third kappa shape index (κ3) is 6.95. The molecule has 39 heavy (non-hydrogen) atoms. The lowest BCUT2D eigenvalue weighted by Crippen LogP contribution is -2.10. The average Bonchev–Trinajstić information content (AvgIpc) is 3.19. The van der Waals surface area contributed by atoms with Gasteiger partial charge in [-0.2, -0.15) is 13.2 Å². The smallest absolute Gasteiger partial charge is 0.327 e. The third-order valence-electron chi connectivity index (χ3n) is 6.55. The summed E-state index contributed by atoms with van der Waals surface area (Å²) in [6.45, 7) is 6.47. The second-order valence-corrected chi connectivity index (χ2v) is 12.4. The monoisotopic (exact) mass is 556 g/mol. The van der Waals surface area contributed by atoms with E-state index in [4.69, 9.17) is 4.98 Å². The van der Waals surface area contributed by atoms with E-state index < -0.39 is 21.6 Å².